The van der Waals surface area contributed by atoms with E-state index in [0.717, 1.165) is 22.1 Å². The van der Waals surface area contributed by atoms with Gasteiger partial charge in [-0.1, -0.05) is 29.8 Å². The second-order valence-corrected chi connectivity index (χ2v) is 5.87. The SMILES string of the molecule is COc1ccc2ccc(OC(=O)C(C)Oc3ccc(C)cc3)cc2c1. The van der Waals surface area contributed by atoms with Gasteiger partial charge in [-0.25, -0.2) is 4.79 Å². The van der Waals surface area contributed by atoms with Crippen molar-refractivity contribution in [1.82, 2.24) is 0 Å². The van der Waals surface area contributed by atoms with Crippen LogP contribution in [0, 0.1) is 6.92 Å². The number of ether oxygens (including phenoxy) is 3. The van der Waals surface area contributed by atoms with E-state index in [-0.39, 0.29) is 0 Å². The third-order valence-electron chi connectivity index (χ3n) is 3.90. The van der Waals surface area contributed by atoms with Crippen molar-refractivity contribution in [3.63, 3.8) is 0 Å². The Balaban J connectivity index is 1.71. The van der Waals surface area contributed by atoms with Gasteiger partial charge in [0, 0.05) is 0 Å². The molecule has 0 aliphatic rings. The van der Waals surface area contributed by atoms with Gasteiger partial charge in [-0.15, -0.1) is 0 Å². The lowest BCUT2D eigenvalue weighted by molar-refractivity contribution is -0.141. The molecule has 1 atom stereocenters. The molecular formula is C21H20O4. The number of benzene rings is 3. The first-order valence-electron chi connectivity index (χ1n) is 8.08. The zero-order chi connectivity index (χ0) is 17.8. The third kappa shape index (κ3) is 4.10. The molecule has 0 amide bonds. The molecule has 0 heterocycles. The molecular weight excluding hydrogens is 316 g/mol. The van der Waals surface area contributed by atoms with Crippen LogP contribution in [0.15, 0.2) is 60.7 Å². The molecule has 4 nitrogen and oxygen atoms in total. The number of esters is 1. The predicted octanol–water partition coefficient (Wildman–Crippen LogP) is 4.53. The molecule has 0 spiro atoms. The molecule has 3 aromatic rings. The van der Waals surface area contributed by atoms with Crippen molar-refractivity contribution in [3.05, 3.63) is 66.2 Å². The van der Waals surface area contributed by atoms with Gasteiger partial charge in [0.2, 0.25) is 0 Å². The van der Waals surface area contributed by atoms with E-state index >= 15 is 0 Å². The van der Waals surface area contributed by atoms with E-state index in [4.69, 9.17) is 14.2 Å². The Morgan fingerprint density at radius 2 is 1.44 bits per heavy atom. The van der Waals surface area contributed by atoms with Crippen LogP contribution in [-0.4, -0.2) is 19.2 Å². The minimum atomic E-state index is -0.705. The van der Waals surface area contributed by atoms with Gasteiger partial charge in [-0.05, 0) is 61.0 Å². The lowest BCUT2D eigenvalue weighted by Crippen LogP contribution is -2.28. The van der Waals surface area contributed by atoms with E-state index in [1.165, 1.54) is 0 Å². The number of carbonyl (C=O) groups excluding carboxylic acids is 1. The van der Waals surface area contributed by atoms with Crippen LogP contribution >= 0.6 is 0 Å². The number of fused-ring (bicyclic) bond motifs is 1. The van der Waals surface area contributed by atoms with Gasteiger partial charge in [0.25, 0.3) is 0 Å². The van der Waals surface area contributed by atoms with E-state index in [1.54, 1.807) is 20.1 Å². The van der Waals surface area contributed by atoms with Gasteiger partial charge in [-0.3, -0.25) is 0 Å². The molecule has 0 aliphatic carbocycles. The fourth-order valence-corrected chi connectivity index (χ4v) is 2.46. The predicted molar refractivity (Wildman–Crippen MR) is 97.4 cm³/mol. The summed E-state index contributed by atoms with van der Waals surface area (Å²) < 4.78 is 16.3. The van der Waals surface area contributed by atoms with Crippen molar-refractivity contribution in [2.45, 2.75) is 20.0 Å². The number of aryl methyl sites for hydroxylation is 1. The fraction of sp³-hybridized carbons (Fsp3) is 0.190. The van der Waals surface area contributed by atoms with Crippen molar-refractivity contribution in [2.24, 2.45) is 0 Å². The van der Waals surface area contributed by atoms with Gasteiger partial charge in [0.1, 0.15) is 17.2 Å². The first kappa shape index (κ1) is 16.8. The first-order valence-corrected chi connectivity index (χ1v) is 8.08. The first-order chi connectivity index (χ1) is 12.0. The van der Waals surface area contributed by atoms with Crippen molar-refractivity contribution in [3.8, 4) is 17.2 Å². The van der Waals surface area contributed by atoms with Crippen LogP contribution in [0.4, 0.5) is 0 Å². The second-order valence-electron chi connectivity index (χ2n) is 5.87. The smallest absolute Gasteiger partial charge is 0.352 e. The van der Waals surface area contributed by atoms with Crippen molar-refractivity contribution >= 4 is 16.7 Å². The summed E-state index contributed by atoms with van der Waals surface area (Å²) in [6.45, 7) is 3.67. The molecule has 0 bridgehead atoms. The molecule has 0 saturated heterocycles. The van der Waals surface area contributed by atoms with Crippen molar-refractivity contribution in [2.75, 3.05) is 7.11 Å². The van der Waals surface area contributed by atoms with E-state index in [2.05, 4.69) is 0 Å². The van der Waals surface area contributed by atoms with E-state index in [9.17, 15) is 4.79 Å². The Bertz CT molecular complexity index is 884. The largest absolute Gasteiger partial charge is 0.497 e. The minimum absolute atomic E-state index is 0.442. The maximum absolute atomic E-state index is 12.3. The van der Waals surface area contributed by atoms with Crippen LogP contribution in [-0.2, 0) is 4.79 Å². The van der Waals surface area contributed by atoms with Gasteiger partial charge in [0.15, 0.2) is 6.10 Å². The third-order valence-corrected chi connectivity index (χ3v) is 3.90. The van der Waals surface area contributed by atoms with Crippen LogP contribution in [0.25, 0.3) is 10.8 Å². The van der Waals surface area contributed by atoms with Crippen molar-refractivity contribution in [1.29, 1.82) is 0 Å². The van der Waals surface area contributed by atoms with E-state index in [1.807, 2.05) is 61.5 Å². The van der Waals surface area contributed by atoms with Crippen LogP contribution < -0.4 is 14.2 Å². The zero-order valence-electron chi connectivity index (χ0n) is 14.5. The number of methoxy groups -OCH3 is 1. The topological polar surface area (TPSA) is 44.8 Å². The number of hydrogen-bond donors (Lipinski definition) is 0. The highest BCUT2D eigenvalue weighted by molar-refractivity contribution is 5.86. The summed E-state index contributed by atoms with van der Waals surface area (Å²) in [7, 11) is 1.62. The summed E-state index contributed by atoms with van der Waals surface area (Å²) in [4.78, 5) is 12.3. The molecule has 25 heavy (non-hydrogen) atoms. The van der Waals surface area contributed by atoms with Crippen molar-refractivity contribution < 1.29 is 19.0 Å². The molecule has 0 fully saturated rings. The van der Waals surface area contributed by atoms with Gasteiger partial charge < -0.3 is 14.2 Å². The van der Waals surface area contributed by atoms with Gasteiger partial charge in [-0.2, -0.15) is 0 Å². The monoisotopic (exact) mass is 336 g/mol. The average Bonchev–Trinajstić information content (AvgIpc) is 2.62. The summed E-state index contributed by atoms with van der Waals surface area (Å²) >= 11 is 0. The standard InChI is InChI=1S/C21H20O4/c1-14-4-8-18(9-5-14)24-15(2)21(22)25-20-11-7-16-6-10-19(23-3)12-17(16)13-20/h4-13,15H,1-3H3. The molecule has 0 saturated carbocycles. The highest BCUT2D eigenvalue weighted by Crippen LogP contribution is 2.25. The summed E-state index contributed by atoms with van der Waals surface area (Å²) in [6, 6.07) is 18.8. The summed E-state index contributed by atoms with van der Waals surface area (Å²) in [6.07, 6.45) is -0.705. The Labute approximate surface area is 146 Å². The Kier molecular flexibility index (Phi) is 4.89. The number of hydrogen-bond acceptors (Lipinski definition) is 4. The van der Waals surface area contributed by atoms with E-state index in [0.29, 0.717) is 11.5 Å². The zero-order valence-corrected chi connectivity index (χ0v) is 14.5. The molecule has 0 N–H and O–H groups in total. The summed E-state index contributed by atoms with van der Waals surface area (Å²) in [5.74, 6) is 1.43. The maximum atomic E-state index is 12.3. The van der Waals surface area contributed by atoms with Crippen LogP contribution in [0.3, 0.4) is 0 Å². The Morgan fingerprint density at radius 3 is 2.12 bits per heavy atom. The van der Waals surface area contributed by atoms with Crippen LogP contribution in [0.5, 0.6) is 17.2 Å². The quantitative estimate of drug-likeness (QED) is 0.507. The Hall–Kier alpha value is -3.01. The second kappa shape index (κ2) is 7.26. The van der Waals surface area contributed by atoms with Gasteiger partial charge in [0.05, 0.1) is 7.11 Å². The molecule has 4 heteroatoms. The molecule has 0 radical (unpaired) electrons. The molecule has 3 rings (SSSR count). The highest BCUT2D eigenvalue weighted by Gasteiger charge is 2.17. The van der Waals surface area contributed by atoms with Crippen LogP contribution in [0.1, 0.15) is 12.5 Å². The van der Waals surface area contributed by atoms with Crippen LogP contribution in [0.2, 0.25) is 0 Å². The number of carbonyl (C=O) groups is 1. The number of rotatable bonds is 5. The summed E-state index contributed by atoms with van der Waals surface area (Å²) in [5, 5.41) is 1.99. The normalized spacial score (nSPS) is 11.8. The minimum Gasteiger partial charge on any atom is -0.497 e. The lowest BCUT2D eigenvalue weighted by atomic mass is 10.1. The highest BCUT2D eigenvalue weighted by atomic mass is 16.6. The Morgan fingerprint density at radius 1 is 0.840 bits per heavy atom. The average molecular weight is 336 g/mol. The van der Waals surface area contributed by atoms with E-state index < -0.39 is 12.1 Å². The fourth-order valence-electron chi connectivity index (χ4n) is 2.46. The molecule has 1 unspecified atom stereocenters. The molecule has 128 valence electrons. The summed E-state index contributed by atoms with van der Waals surface area (Å²) in [5.41, 5.74) is 1.13. The molecule has 0 aliphatic heterocycles. The lowest BCUT2D eigenvalue weighted by Gasteiger charge is -2.14. The maximum Gasteiger partial charge on any atom is 0.352 e. The molecule has 3 aromatic carbocycles. The molecule has 0 aromatic heterocycles. The van der Waals surface area contributed by atoms with Gasteiger partial charge >= 0.3 is 5.97 Å².